The number of piperazine rings is 1. The number of thiophene rings is 1. The number of aliphatic imine (C=N–C) groups is 1. The SMILES string of the molecule is Cc1nnc(CN=C(NCCc2cccs2)N2CCN(c3ncccn3)CC2)n1C.I. The third-order valence-corrected chi connectivity index (χ3v) is 6.14. The Kier molecular flexibility index (Phi) is 8.58. The molecule has 31 heavy (non-hydrogen) atoms. The molecule has 0 aliphatic carbocycles. The first-order chi connectivity index (χ1) is 14.7. The Morgan fingerprint density at radius 3 is 2.55 bits per heavy atom. The van der Waals surface area contributed by atoms with Crippen molar-refractivity contribution in [3.63, 3.8) is 0 Å². The second-order valence-electron chi connectivity index (χ2n) is 7.14. The fraction of sp³-hybridized carbons (Fsp3) is 0.450. The van der Waals surface area contributed by atoms with Gasteiger partial charge in [-0.25, -0.2) is 15.0 Å². The molecule has 11 heteroatoms. The molecule has 1 fully saturated rings. The van der Waals surface area contributed by atoms with E-state index in [0.717, 1.165) is 62.7 Å². The molecule has 4 heterocycles. The average molecular weight is 553 g/mol. The second kappa shape index (κ2) is 11.4. The van der Waals surface area contributed by atoms with Crippen molar-refractivity contribution in [2.24, 2.45) is 12.0 Å². The van der Waals surface area contributed by atoms with E-state index in [0.29, 0.717) is 6.54 Å². The highest BCUT2D eigenvalue weighted by atomic mass is 127. The van der Waals surface area contributed by atoms with Gasteiger partial charge in [0.05, 0.1) is 0 Å². The van der Waals surface area contributed by atoms with Crippen molar-refractivity contribution in [1.82, 2.24) is 34.9 Å². The van der Waals surface area contributed by atoms with Crippen LogP contribution in [-0.4, -0.2) is 68.3 Å². The molecule has 1 saturated heterocycles. The van der Waals surface area contributed by atoms with Gasteiger partial charge in [0, 0.05) is 57.0 Å². The average Bonchev–Trinajstić information content (AvgIpc) is 3.42. The van der Waals surface area contributed by atoms with Gasteiger partial charge in [0.1, 0.15) is 12.4 Å². The van der Waals surface area contributed by atoms with Gasteiger partial charge in [-0.15, -0.1) is 45.5 Å². The first-order valence-corrected chi connectivity index (χ1v) is 11.0. The van der Waals surface area contributed by atoms with Crippen molar-refractivity contribution in [2.45, 2.75) is 19.9 Å². The van der Waals surface area contributed by atoms with E-state index in [-0.39, 0.29) is 24.0 Å². The summed E-state index contributed by atoms with van der Waals surface area (Å²) in [5.41, 5.74) is 0. The summed E-state index contributed by atoms with van der Waals surface area (Å²) in [6, 6.07) is 6.11. The number of halogens is 1. The van der Waals surface area contributed by atoms with Crippen LogP contribution in [0.2, 0.25) is 0 Å². The van der Waals surface area contributed by atoms with E-state index in [2.05, 4.69) is 52.8 Å². The summed E-state index contributed by atoms with van der Waals surface area (Å²) in [6.45, 7) is 6.74. The monoisotopic (exact) mass is 553 g/mol. The van der Waals surface area contributed by atoms with Gasteiger partial charge in [-0.1, -0.05) is 6.07 Å². The quantitative estimate of drug-likeness (QED) is 0.284. The highest BCUT2D eigenvalue weighted by Gasteiger charge is 2.21. The minimum Gasteiger partial charge on any atom is -0.356 e. The van der Waals surface area contributed by atoms with Crippen molar-refractivity contribution < 1.29 is 0 Å². The fourth-order valence-electron chi connectivity index (χ4n) is 3.33. The Morgan fingerprint density at radius 1 is 1.13 bits per heavy atom. The molecule has 0 spiro atoms. The maximum atomic E-state index is 4.87. The van der Waals surface area contributed by atoms with Gasteiger partial charge >= 0.3 is 0 Å². The summed E-state index contributed by atoms with van der Waals surface area (Å²) in [4.78, 5) is 19.5. The Balaban J connectivity index is 0.00000272. The lowest BCUT2D eigenvalue weighted by Gasteiger charge is -2.36. The molecule has 0 saturated carbocycles. The van der Waals surface area contributed by atoms with E-state index in [1.807, 2.05) is 24.6 Å². The molecule has 9 nitrogen and oxygen atoms in total. The van der Waals surface area contributed by atoms with Crippen molar-refractivity contribution >= 4 is 47.2 Å². The van der Waals surface area contributed by atoms with Gasteiger partial charge in [0.25, 0.3) is 0 Å². The van der Waals surface area contributed by atoms with Gasteiger partial charge in [-0.3, -0.25) is 0 Å². The molecular formula is C20H28IN9S. The Bertz CT molecular complexity index is 950. The van der Waals surface area contributed by atoms with Crippen molar-refractivity contribution in [1.29, 1.82) is 0 Å². The highest BCUT2D eigenvalue weighted by molar-refractivity contribution is 14.0. The topological polar surface area (TPSA) is 87.4 Å². The summed E-state index contributed by atoms with van der Waals surface area (Å²) in [5.74, 6) is 3.46. The predicted octanol–water partition coefficient (Wildman–Crippen LogP) is 2.10. The third kappa shape index (κ3) is 6.12. The number of nitrogens with zero attached hydrogens (tertiary/aromatic N) is 8. The van der Waals surface area contributed by atoms with E-state index in [9.17, 15) is 0 Å². The molecule has 4 rings (SSSR count). The van der Waals surface area contributed by atoms with Crippen LogP contribution < -0.4 is 10.2 Å². The highest BCUT2D eigenvalue weighted by Crippen LogP contribution is 2.11. The molecule has 3 aromatic heterocycles. The first-order valence-electron chi connectivity index (χ1n) is 10.1. The molecular weight excluding hydrogens is 525 g/mol. The van der Waals surface area contributed by atoms with E-state index in [1.165, 1.54) is 4.88 Å². The molecule has 1 aliphatic rings. The Morgan fingerprint density at radius 2 is 1.90 bits per heavy atom. The molecule has 166 valence electrons. The van der Waals surface area contributed by atoms with Gasteiger partial charge in [0.15, 0.2) is 11.8 Å². The zero-order valence-electron chi connectivity index (χ0n) is 17.8. The summed E-state index contributed by atoms with van der Waals surface area (Å²) >= 11 is 1.79. The first kappa shape index (κ1) is 23.4. The summed E-state index contributed by atoms with van der Waals surface area (Å²) < 4.78 is 1.98. The summed E-state index contributed by atoms with van der Waals surface area (Å²) in [6.07, 6.45) is 4.56. The minimum atomic E-state index is 0. The van der Waals surface area contributed by atoms with Crippen LogP contribution in [0.15, 0.2) is 41.0 Å². The lowest BCUT2D eigenvalue weighted by Crippen LogP contribution is -2.53. The molecule has 1 N–H and O–H groups in total. The maximum Gasteiger partial charge on any atom is 0.225 e. The van der Waals surface area contributed by atoms with Crippen molar-refractivity contribution in [3.05, 3.63) is 52.5 Å². The fourth-order valence-corrected chi connectivity index (χ4v) is 4.04. The Hall–Kier alpha value is -2.28. The third-order valence-electron chi connectivity index (χ3n) is 5.20. The number of guanidine groups is 1. The molecule has 0 atom stereocenters. The molecule has 0 amide bonds. The van der Waals surface area contributed by atoms with E-state index < -0.39 is 0 Å². The van der Waals surface area contributed by atoms with E-state index in [1.54, 1.807) is 23.7 Å². The van der Waals surface area contributed by atoms with Crippen LogP contribution in [-0.2, 0) is 20.0 Å². The molecule has 0 radical (unpaired) electrons. The van der Waals surface area contributed by atoms with Crippen LogP contribution in [0.4, 0.5) is 5.95 Å². The molecule has 0 aromatic carbocycles. The van der Waals surface area contributed by atoms with Crippen LogP contribution in [0.5, 0.6) is 0 Å². The minimum absolute atomic E-state index is 0. The largest absolute Gasteiger partial charge is 0.356 e. The van der Waals surface area contributed by atoms with E-state index >= 15 is 0 Å². The summed E-state index contributed by atoms with van der Waals surface area (Å²) in [5, 5.41) is 14.0. The number of hydrogen-bond acceptors (Lipinski definition) is 7. The predicted molar refractivity (Wildman–Crippen MR) is 134 cm³/mol. The molecule has 0 unspecified atom stereocenters. The van der Waals surface area contributed by atoms with Gasteiger partial charge in [0.2, 0.25) is 5.95 Å². The van der Waals surface area contributed by atoms with Crippen LogP contribution in [0.25, 0.3) is 0 Å². The number of aromatic nitrogens is 5. The van der Waals surface area contributed by atoms with Crippen LogP contribution in [0, 0.1) is 6.92 Å². The molecule has 1 aliphatic heterocycles. The van der Waals surface area contributed by atoms with Crippen LogP contribution in [0.3, 0.4) is 0 Å². The van der Waals surface area contributed by atoms with Crippen LogP contribution >= 0.6 is 35.3 Å². The normalized spacial score (nSPS) is 14.5. The number of rotatable bonds is 6. The second-order valence-corrected chi connectivity index (χ2v) is 8.17. The van der Waals surface area contributed by atoms with E-state index in [4.69, 9.17) is 4.99 Å². The molecule has 0 bridgehead atoms. The van der Waals surface area contributed by atoms with Crippen molar-refractivity contribution in [2.75, 3.05) is 37.6 Å². The standard InChI is InChI=1S/C20H27N9S.HI/c1-16-25-26-18(27(16)2)15-24-20(23-9-6-17-5-3-14-30-17)29-12-10-28(11-13-29)19-21-7-4-8-22-19;/h3-5,7-8,14H,6,9-13,15H2,1-2H3,(H,23,24);1H. The van der Waals surface area contributed by atoms with Crippen molar-refractivity contribution in [3.8, 4) is 0 Å². The number of hydrogen-bond donors (Lipinski definition) is 1. The zero-order chi connectivity index (χ0) is 20.8. The summed E-state index contributed by atoms with van der Waals surface area (Å²) in [7, 11) is 1.97. The number of aryl methyl sites for hydroxylation is 1. The smallest absolute Gasteiger partial charge is 0.225 e. The zero-order valence-corrected chi connectivity index (χ0v) is 21.0. The van der Waals surface area contributed by atoms with Gasteiger partial charge in [-0.05, 0) is 30.9 Å². The number of anilines is 1. The maximum absolute atomic E-state index is 4.87. The van der Waals surface area contributed by atoms with Gasteiger partial charge < -0.3 is 19.7 Å². The Labute approximate surface area is 203 Å². The lowest BCUT2D eigenvalue weighted by atomic mass is 10.3. The number of nitrogens with one attached hydrogen (secondary N) is 1. The molecule has 3 aromatic rings. The van der Waals surface area contributed by atoms with Gasteiger partial charge in [-0.2, -0.15) is 0 Å². The van der Waals surface area contributed by atoms with Crippen LogP contribution in [0.1, 0.15) is 16.5 Å². The lowest BCUT2D eigenvalue weighted by molar-refractivity contribution is 0.369.